The lowest BCUT2D eigenvalue weighted by Gasteiger charge is -2.20. The Kier molecular flexibility index (Phi) is 4.26. The van der Waals surface area contributed by atoms with Gasteiger partial charge in [0.1, 0.15) is 5.60 Å². The molecule has 0 saturated heterocycles. The lowest BCUT2D eigenvalue weighted by atomic mass is 10.2. The van der Waals surface area contributed by atoms with Gasteiger partial charge in [0.2, 0.25) is 0 Å². The van der Waals surface area contributed by atoms with E-state index in [2.05, 4.69) is 20.4 Å². The molecule has 24 heavy (non-hydrogen) atoms. The molecular weight excluding hydrogens is 308 g/mol. The fourth-order valence-corrected chi connectivity index (χ4v) is 2.26. The second-order valence-corrected chi connectivity index (χ2v) is 7.07. The molecule has 1 saturated carbocycles. The molecule has 3 rings (SSSR count). The van der Waals surface area contributed by atoms with Crippen LogP contribution in [0.25, 0.3) is 11.5 Å². The number of aromatic nitrogens is 3. The van der Waals surface area contributed by atoms with Crippen molar-refractivity contribution in [2.45, 2.75) is 58.1 Å². The number of nitrogens with one attached hydrogen (secondary N) is 1. The molecule has 0 aromatic carbocycles. The Balaban J connectivity index is 1.68. The molecule has 1 atom stereocenters. The number of hydrogen-bond acceptors (Lipinski definition) is 6. The molecule has 2 aromatic rings. The number of carbonyl (C=O) groups is 1. The van der Waals surface area contributed by atoms with Gasteiger partial charge in [0, 0.05) is 23.4 Å². The van der Waals surface area contributed by atoms with Gasteiger partial charge in [-0.3, -0.25) is 4.98 Å². The van der Waals surface area contributed by atoms with Gasteiger partial charge in [-0.2, -0.15) is 4.98 Å². The summed E-state index contributed by atoms with van der Waals surface area (Å²) < 4.78 is 10.6. The maximum atomic E-state index is 11.8. The summed E-state index contributed by atoms with van der Waals surface area (Å²) in [5.74, 6) is 1.38. The van der Waals surface area contributed by atoms with E-state index in [1.807, 2.05) is 32.9 Å². The van der Waals surface area contributed by atoms with E-state index >= 15 is 0 Å². The minimum absolute atomic E-state index is 0.403. The highest BCUT2D eigenvalue weighted by Gasteiger charge is 2.26. The molecule has 0 radical (unpaired) electrons. The van der Waals surface area contributed by atoms with Gasteiger partial charge in [0.15, 0.2) is 5.82 Å². The quantitative estimate of drug-likeness (QED) is 0.921. The van der Waals surface area contributed by atoms with Gasteiger partial charge in [0.05, 0.1) is 6.04 Å². The molecule has 128 valence electrons. The first kappa shape index (κ1) is 16.4. The molecule has 2 aromatic heterocycles. The largest absolute Gasteiger partial charge is 0.444 e. The Morgan fingerprint density at radius 3 is 2.83 bits per heavy atom. The van der Waals surface area contributed by atoms with Gasteiger partial charge in [-0.25, -0.2) is 4.79 Å². The Morgan fingerprint density at radius 1 is 1.42 bits per heavy atom. The van der Waals surface area contributed by atoms with Crippen LogP contribution >= 0.6 is 0 Å². The standard InChI is InChI=1S/C17H22N4O3/c1-10(19-16(22)23-17(2,3)4)14-20-15(24-21-14)12-7-8-18-13(9-12)11-5-6-11/h7-11H,5-6H2,1-4H3,(H,19,22)/t10-/m0/s1. The Labute approximate surface area is 140 Å². The molecular formula is C17H22N4O3. The summed E-state index contributed by atoms with van der Waals surface area (Å²) in [5, 5.41) is 6.65. The predicted octanol–water partition coefficient (Wildman–Crippen LogP) is 3.59. The van der Waals surface area contributed by atoms with E-state index in [0.717, 1.165) is 11.3 Å². The van der Waals surface area contributed by atoms with Crippen molar-refractivity contribution < 1.29 is 14.1 Å². The molecule has 1 amide bonds. The average Bonchev–Trinajstić information content (AvgIpc) is 3.22. The molecule has 1 aliphatic rings. The normalized spacial score (nSPS) is 15.8. The van der Waals surface area contributed by atoms with Crippen molar-refractivity contribution in [1.82, 2.24) is 20.4 Å². The molecule has 0 aliphatic heterocycles. The van der Waals surface area contributed by atoms with Crippen molar-refractivity contribution in [3.05, 3.63) is 29.8 Å². The van der Waals surface area contributed by atoms with Crippen LogP contribution in [0.4, 0.5) is 4.79 Å². The summed E-state index contributed by atoms with van der Waals surface area (Å²) in [6, 6.07) is 3.41. The lowest BCUT2D eigenvalue weighted by Crippen LogP contribution is -2.34. The third-order valence-corrected chi connectivity index (χ3v) is 3.59. The number of pyridine rings is 1. The molecule has 1 fully saturated rings. The molecule has 0 spiro atoms. The van der Waals surface area contributed by atoms with Crippen LogP contribution in [-0.2, 0) is 4.74 Å². The Morgan fingerprint density at radius 2 is 2.17 bits per heavy atom. The number of alkyl carbamates (subject to hydrolysis) is 1. The number of hydrogen-bond donors (Lipinski definition) is 1. The summed E-state index contributed by atoms with van der Waals surface area (Å²) in [7, 11) is 0. The smallest absolute Gasteiger partial charge is 0.408 e. The van der Waals surface area contributed by atoms with Crippen molar-refractivity contribution in [1.29, 1.82) is 0 Å². The van der Waals surface area contributed by atoms with E-state index in [0.29, 0.717) is 17.6 Å². The molecule has 7 heteroatoms. The topological polar surface area (TPSA) is 90.1 Å². The molecule has 1 aliphatic carbocycles. The summed E-state index contributed by atoms with van der Waals surface area (Å²) in [4.78, 5) is 20.6. The van der Waals surface area contributed by atoms with Gasteiger partial charge in [-0.1, -0.05) is 5.16 Å². The van der Waals surface area contributed by atoms with Crippen LogP contribution in [0, 0.1) is 0 Å². The third-order valence-electron chi connectivity index (χ3n) is 3.59. The minimum Gasteiger partial charge on any atom is -0.444 e. The van der Waals surface area contributed by atoms with Crippen molar-refractivity contribution in [2.24, 2.45) is 0 Å². The van der Waals surface area contributed by atoms with Crippen LogP contribution in [0.2, 0.25) is 0 Å². The highest BCUT2D eigenvalue weighted by molar-refractivity contribution is 5.68. The summed E-state index contributed by atoms with van der Waals surface area (Å²) in [5.41, 5.74) is 1.35. The number of rotatable bonds is 4. The summed E-state index contributed by atoms with van der Waals surface area (Å²) in [6.07, 6.45) is 3.61. The summed E-state index contributed by atoms with van der Waals surface area (Å²) >= 11 is 0. The zero-order chi connectivity index (χ0) is 17.3. The fourth-order valence-electron chi connectivity index (χ4n) is 2.26. The van der Waals surface area contributed by atoms with E-state index in [4.69, 9.17) is 9.26 Å². The predicted molar refractivity (Wildman–Crippen MR) is 87.3 cm³/mol. The Bertz CT molecular complexity index is 731. The average molecular weight is 330 g/mol. The first-order chi connectivity index (χ1) is 11.3. The SMILES string of the molecule is C[C@H](NC(=O)OC(C)(C)C)c1noc(-c2ccnc(C3CC3)c2)n1. The Hall–Kier alpha value is -2.44. The van der Waals surface area contributed by atoms with Crippen LogP contribution in [0.1, 0.15) is 64.0 Å². The van der Waals surface area contributed by atoms with Crippen LogP contribution in [0.3, 0.4) is 0 Å². The maximum absolute atomic E-state index is 11.8. The highest BCUT2D eigenvalue weighted by Crippen LogP contribution is 2.39. The first-order valence-corrected chi connectivity index (χ1v) is 8.11. The van der Waals surface area contributed by atoms with E-state index in [-0.39, 0.29) is 0 Å². The van der Waals surface area contributed by atoms with Crippen molar-refractivity contribution in [3.8, 4) is 11.5 Å². The van der Waals surface area contributed by atoms with Crippen molar-refractivity contribution in [3.63, 3.8) is 0 Å². The van der Waals surface area contributed by atoms with Gasteiger partial charge in [-0.15, -0.1) is 0 Å². The zero-order valence-corrected chi connectivity index (χ0v) is 14.4. The monoisotopic (exact) mass is 330 g/mol. The van der Waals surface area contributed by atoms with Gasteiger partial charge in [-0.05, 0) is 52.7 Å². The van der Waals surface area contributed by atoms with Gasteiger partial charge < -0.3 is 14.6 Å². The van der Waals surface area contributed by atoms with E-state index in [1.54, 1.807) is 13.1 Å². The molecule has 1 N–H and O–H groups in total. The van der Waals surface area contributed by atoms with Crippen molar-refractivity contribution >= 4 is 6.09 Å². The molecule has 0 bridgehead atoms. The van der Waals surface area contributed by atoms with Crippen LogP contribution in [0.5, 0.6) is 0 Å². The second kappa shape index (κ2) is 6.22. The number of ether oxygens (including phenoxy) is 1. The highest BCUT2D eigenvalue weighted by atomic mass is 16.6. The maximum Gasteiger partial charge on any atom is 0.408 e. The number of carbonyl (C=O) groups excluding carboxylic acids is 1. The van der Waals surface area contributed by atoms with Crippen LogP contribution in [-0.4, -0.2) is 26.8 Å². The van der Waals surface area contributed by atoms with E-state index < -0.39 is 17.7 Å². The van der Waals surface area contributed by atoms with Crippen LogP contribution < -0.4 is 5.32 Å². The zero-order valence-electron chi connectivity index (χ0n) is 14.4. The third kappa shape index (κ3) is 4.10. The van der Waals surface area contributed by atoms with Gasteiger partial charge in [0.25, 0.3) is 5.89 Å². The van der Waals surface area contributed by atoms with E-state index in [1.165, 1.54) is 12.8 Å². The van der Waals surface area contributed by atoms with Gasteiger partial charge >= 0.3 is 6.09 Å². The lowest BCUT2D eigenvalue weighted by molar-refractivity contribution is 0.0505. The molecule has 7 nitrogen and oxygen atoms in total. The van der Waals surface area contributed by atoms with Crippen LogP contribution in [0.15, 0.2) is 22.9 Å². The molecule has 0 unspecified atom stereocenters. The van der Waals surface area contributed by atoms with E-state index in [9.17, 15) is 4.79 Å². The minimum atomic E-state index is -0.553. The fraction of sp³-hybridized carbons (Fsp3) is 0.529. The van der Waals surface area contributed by atoms with Crippen molar-refractivity contribution in [2.75, 3.05) is 0 Å². The first-order valence-electron chi connectivity index (χ1n) is 8.11. The number of amides is 1. The summed E-state index contributed by atoms with van der Waals surface area (Å²) in [6.45, 7) is 7.21. The second-order valence-electron chi connectivity index (χ2n) is 7.07. The molecule has 2 heterocycles. The number of nitrogens with zero attached hydrogens (tertiary/aromatic N) is 3.